The zero-order valence-electron chi connectivity index (χ0n) is 14.7. The highest BCUT2D eigenvalue weighted by atomic mass is 32.2. The predicted molar refractivity (Wildman–Crippen MR) is 93.5 cm³/mol. The summed E-state index contributed by atoms with van der Waals surface area (Å²) in [6.45, 7) is 3.28. The maximum Gasteiger partial charge on any atom is 0.240 e. The molecule has 1 aliphatic rings. The van der Waals surface area contributed by atoms with E-state index in [1.54, 1.807) is 37.1 Å². The van der Waals surface area contributed by atoms with E-state index >= 15 is 0 Å². The van der Waals surface area contributed by atoms with Gasteiger partial charge in [-0.05, 0) is 43.0 Å². The average Bonchev–Trinajstić information content (AvgIpc) is 2.58. The summed E-state index contributed by atoms with van der Waals surface area (Å²) in [6, 6.07) is 5.01. The van der Waals surface area contributed by atoms with Crippen molar-refractivity contribution in [1.82, 2.24) is 9.62 Å². The fraction of sp³-hybridized carbons (Fsp3) is 0.588. The molecule has 1 aliphatic heterocycles. The number of amides is 1. The van der Waals surface area contributed by atoms with E-state index < -0.39 is 16.1 Å². The first-order valence-electron chi connectivity index (χ1n) is 8.39. The molecule has 0 unspecified atom stereocenters. The van der Waals surface area contributed by atoms with Crippen LogP contribution in [-0.4, -0.2) is 57.2 Å². The maximum atomic E-state index is 12.3. The van der Waals surface area contributed by atoms with E-state index in [9.17, 15) is 18.3 Å². The number of benzene rings is 1. The molecule has 7 nitrogen and oxygen atoms in total. The van der Waals surface area contributed by atoms with Gasteiger partial charge in [-0.3, -0.25) is 4.79 Å². The molecule has 1 aromatic rings. The molecule has 0 saturated carbocycles. The summed E-state index contributed by atoms with van der Waals surface area (Å²) in [7, 11) is -2.02. The summed E-state index contributed by atoms with van der Waals surface area (Å²) >= 11 is 0. The normalized spacial score (nSPS) is 15.7. The Morgan fingerprint density at radius 3 is 2.84 bits per heavy atom. The number of carbonyl (C=O) groups is 1. The Hall–Kier alpha value is -1.48. The van der Waals surface area contributed by atoms with Crippen LogP contribution in [-0.2, 0) is 32.5 Å². The number of nitrogens with one attached hydrogen (secondary N) is 1. The number of aliphatic hydroxyl groups excluding tert-OH is 1. The molecular formula is C17H26N2O5S. The lowest BCUT2D eigenvalue weighted by Crippen LogP contribution is -2.36. The smallest absolute Gasteiger partial charge is 0.240 e. The van der Waals surface area contributed by atoms with Gasteiger partial charge in [0.2, 0.25) is 15.9 Å². The lowest BCUT2D eigenvalue weighted by molar-refractivity contribution is -0.133. The van der Waals surface area contributed by atoms with Crippen LogP contribution >= 0.6 is 0 Å². The molecule has 8 heteroatoms. The molecule has 1 heterocycles. The molecule has 0 fully saturated rings. The Labute approximate surface area is 149 Å². The quantitative estimate of drug-likeness (QED) is 0.701. The van der Waals surface area contributed by atoms with E-state index in [2.05, 4.69) is 4.72 Å². The van der Waals surface area contributed by atoms with E-state index in [1.807, 2.05) is 0 Å². The number of fused-ring (bicyclic) bond motifs is 1. The fourth-order valence-corrected chi connectivity index (χ4v) is 3.84. The van der Waals surface area contributed by atoms with E-state index in [0.29, 0.717) is 39.0 Å². The monoisotopic (exact) mass is 370 g/mol. The first kappa shape index (κ1) is 19.8. The van der Waals surface area contributed by atoms with E-state index in [4.69, 9.17) is 4.74 Å². The van der Waals surface area contributed by atoms with Crippen LogP contribution in [0, 0.1) is 0 Å². The van der Waals surface area contributed by atoms with Crippen LogP contribution in [0.2, 0.25) is 0 Å². The first-order valence-corrected chi connectivity index (χ1v) is 9.88. The third kappa shape index (κ3) is 5.50. The molecular weight excluding hydrogens is 344 g/mol. The van der Waals surface area contributed by atoms with Crippen molar-refractivity contribution < 1.29 is 23.1 Å². The summed E-state index contributed by atoms with van der Waals surface area (Å²) in [6.07, 6.45) is 0.798. The van der Waals surface area contributed by atoms with Crippen LogP contribution in [0.3, 0.4) is 0 Å². The predicted octanol–water partition coefficient (Wildman–Crippen LogP) is 0.657. The minimum absolute atomic E-state index is 0.0454. The number of sulfonamides is 1. The molecule has 0 radical (unpaired) electrons. The summed E-state index contributed by atoms with van der Waals surface area (Å²) < 4.78 is 32.1. The lowest BCUT2D eigenvalue weighted by atomic mass is 10.00. The lowest BCUT2D eigenvalue weighted by Gasteiger charge is -2.29. The molecule has 140 valence electrons. The highest BCUT2D eigenvalue weighted by Gasteiger charge is 2.22. The second-order valence-corrected chi connectivity index (χ2v) is 8.04. The zero-order valence-corrected chi connectivity index (χ0v) is 15.5. The third-order valence-corrected chi connectivity index (χ3v) is 5.69. The fourth-order valence-electron chi connectivity index (χ4n) is 2.74. The van der Waals surface area contributed by atoms with E-state index in [1.165, 1.54) is 0 Å². The van der Waals surface area contributed by atoms with Crippen molar-refractivity contribution in [2.75, 3.05) is 26.8 Å². The van der Waals surface area contributed by atoms with E-state index in [-0.39, 0.29) is 17.3 Å². The number of hydrogen-bond donors (Lipinski definition) is 2. The number of methoxy groups -OCH3 is 1. The Balaban J connectivity index is 2.05. The van der Waals surface area contributed by atoms with Gasteiger partial charge >= 0.3 is 0 Å². The Bertz CT molecular complexity index is 703. The molecule has 0 saturated heterocycles. The number of nitrogens with zero attached hydrogens (tertiary/aromatic N) is 1. The minimum atomic E-state index is -3.59. The number of ether oxygens (including phenoxy) is 1. The van der Waals surface area contributed by atoms with Gasteiger partial charge in [-0.1, -0.05) is 6.07 Å². The highest BCUT2D eigenvalue weighted by molar-refractivity contribution is 7.89. The van der Waals surface area contributed by atoms with Crippen LogP contribution in [0.25, 0.3) is 0 Å². The van der Waals surface area contributed by atoms with Gasteiger partial charge in [-0.25, -0.2) is 13.1 Å². The molecule has 1 aromatic carbocycles. The average molecular weight is 370 g/mol. The Morgan fingerprint density at radius 2 is 2.16 bits per heavy atom. The molecule has 1 atom stereocenters. The molecule has 25 heavy (non-hydrogen) atoms. The van der Waals surface area contributed by atoms with Crippen LogP contribution < -0.4 is 4.72 Å². The molecule has 2 rings (SSSR count). The number of aliphatic hydroxyl groups is 1. The van der Waals surface area contributed by atoms with Crippen LogP contribution in [0.1, 0.15) is 30.9 Å². The molecule has 2 N–H and O–H groups in total. The van der Waals surface area contributed by atoms with Crippen molar-refractivity contribution >= 4 is 15.9 Å². The van der Waals surface area contributed by atoms with Crippen LogP contribution in [0.4, 0.5) is 0 Å². The Kier molecular flexibility index (Phi) is 6.95. The van der Waals surface area contributed by atoms with E-state index in [0.717, 1.165) is 11.1 Å². The number of rotatable bonds is 8. The van der Waals surface area contributed by atoms with Gasteiger partial charge in [0.25, 0.3) is 0 Å². The second-order valence-electron chi connectivity index (χ2n) is 6.27. The standard InChI is InChI=1S/C17H26N2O5S/c1-13(20)5-8-18-25(22,23)16-4-3-15-12-19(9-6-14(15)11-16)17(21)7-10-24-2/h3-4,11,13,18,20H,5-10,12H2,1-2H3/t13-/m1/s1. The van der Waals surface area contributed by atoms with Gasteiger partial charge in [0.1, 0.15) is 0 Å². The van der Waals surface area contributed by atoms with Gasteiger partial charge in [-0.15, -0.1) is 0 Å². The summed E-state index contributed by atoms with van der Waals surface area (Å²) in [5, 5.41) is 9.23. The van der Waals surface area contributed by atoms with Gasteiger partial charge in [0.05, 0.1) is 24.0 Å². The number of hydrogen-bond acceptors (Lipinski definition) is 5. The van der Waals surface area contributed by atoms with Gasteiger partial charge in [-0.2, -0.15) is 0 Å². The Morgan fingerprint density at radius 1 is 1.40 bits per heavy atom. The maximum absolute atomic E-state index is 12.3. The molecule has 0 spiro atoms. The van der Waals surface area contributed by atoms with Crippen LogP contribution in [0.5, 0.6) is 0 Å². The van der Waals surface area contributed by atoms with Crippen LogP contribution in [0.15, 0.2) is 23.1 Å². The third-order valence-electron chi connectivity index (χ3n) is 4.23. The summed E-state index contributed by atoms with van der Waals surface area (Å²) in [5.41, 5.74) is 1.93. The zero-order chi connectivity index (χ0) is 18.4. The summed E-state index contributed by atoms with van der Waals surface area (Å²) in [5.74, 6) is 0.0454. The molecule has 1 amide bonds. The summed E-state index contributed by atoms with van der Waals surface area (Å²) in [4.78, 5) is 14.1. The second kappa shape index (κ2) is 8.75. The van der Waals surface area contributed by atoms with Crippen molar-refractivity contribution in [3.8, 4) is 0 Å². The topological polar surface area (TPSA) is 95.9 Å². The molecule has 0 aromatic heterocycles. The minimum Gasteiger partial charge on any atom is -0.393 e. The van der Waals surface area contributed by atoms with Crippen molar-refractivity contribution in [1.29, 1.82) is 0 Å². The first-order chi connectivity index (χ1) is 11.8. The highest BCUT2D eigenvalue weighted by Crippen LogP contribution is 2.23. The SMILES string of the molecule is COCCC(=O)N1CCc2cc(S(=O)(=O)NCC[C@@H](C)O)ccc2C1. The van der Waals surface area contributed by atoms with Gasteiger partial charge in [0.15, 0.2) is 0 Å². The largest absolute Gasteiger partial charge is 0.393 e. The van der Waals surface area contributed by atoms with Gasteiger partial charge in [0, 0.05) is 26.7 Å². The molecule has 0 aliphatic carbocycles. The number of carbonyl (C=O) groups excluding carboxylic acids is 1. The van der Waals surface area contributed by atoms with Crippen molar-refractivity contribution in [2.24, 2.45) is 0 Å². The molecule has 0 bridgehead atoms. The van der Waals surface area contributed by atoms with Crippen molar-refractivity contribution in [3.63, 3.8) is 0 Å². The van der Waals surface area contributed by atoms with Crippen molar-refractivity contribution in [2.45, 2.75) is 43.7 Å². The van der Waals surface area contributed by atoms with Gasteiger partial charge < -0.3 is 14.7 Å². The van der Waals surface area contributed by atoms with Crippen molar-refractivity contribution in [3.05, 3.63) is 29.3 Å².